The van der Waals surface area contributed by atoms with Crippen LogP contribution in [0, 0.1) is 0 Å². The number of ether oxygens (including phenoxy) is 1. The second-order valence-corrected chi connectivity index (χ2v) is 7.31. The summed E-state index contributed by atoms with van der Waals surface area (Å²) in [5.41, 5.74) is 5.56. The molecule has 5 nitrogen and oxygen atoms in total. The number of hydrogen-bond acceptors (Lipinski definition) is 4. The molecule has 2 rings (SSSR count). The number of carbonyl (C=O) groups is 1. The van der Waals surface area contributed by atoms with Crippen LogP contribution in [-0.4, -0.2) is 36.6 Å². The maximum atomic E-state index is 13.0. The molecule has 1 unspecified atom stereocenters. The van der Waals surface area contributed by atoms with Gasteiger partial charge >= 0.3 is 12.8 Å². The lowest BCUT2D eigenvalue weighted by Crippen LogP contribution is -2.41. The number of hydrogen-bond donors (Lipinski definition) is 1. The zero-order valence-corrected chi connectivity index (χ0v) is 17.6. The molecule has 1 aromatic rings. The first-order valence-corrected chi connectivity index (χ1v) is 9.65. The van der Waals surface area contributed by atoms with Crippen LogP contribution >= 0.6 is 0 Å². The predicted molar refractivity (Wildman–Crippen MR) is 111 cm³/mol. The summed E-state index contributed by atoms with van der Waals surface area (Å²) in [6.07, 6.45) is -0.104. The van der Waals surface area contributed by atoms with Gasteiger partial charge in [-0.15, -0.1) is 0 Å². The van der Waals surface area contributed by atoms with Crippen LogP contribution in [0.5, 0.6) is 5.75 Å². The largest absolute Gasteiger partial charge is 0.435 e. The topological polar surface area (TPSA) is 67.9 Å². The van der Waals surface area contributed by atoms with Crippen LogP contribution < -0.4 is 10.5 Å². The fourth-order valence-electron chi connectivity index (χ4n) is 3.20. The number of nitrogens with two attached hydrogens (primary N) is 1. The van der Waals surface area contributed by atoms with Crippen molar-refractivity contribution in [3.63, 3.8) is 0 Å². The number of aliphatic imine (C=N–C) groups is 1. The summed E-state index contributed by atoms with van der Waals surface area (Å²) in [4.78, 5) is 18.5. The molecular weight excluding hydrogens is 433 g/mol. The van der Waals surface area contributed by atoms with E-state index < -0.39 is 30.7 Å². The molecule has 10 heteroatoms. The summed E-state index contributed by atoms with van der Waals surface area (Å²) in [5, 5.41) is 0. The predicted octanol–water partition coefficient (Wildman–Crippen LogP) is 5.06. The highest BCUT2D eigenvalue weighted by molar-refractivity contribution is 6.09. The van der Waals surface area contributed by atoms with Crippen LogP contribution in [0.2, 0.25) is 0 Å². The average Bonchev–Trinajstić information content (AvgIpc) is 2.92. The van der Waals surface area contributed by atoms with E-state index in [0.717, 1.165) is 10.5 Å². The summed E-state index contributed by atoms with van der Waals surface area (Å²) in [6.45, 7) is 2.65. The third-order valence-electron chi connectivity index (χ3n) is 4.91. The first kappa shape index (κ1) is 25.1. The molecule has 1 amide bonds. The number of likely N-dealkylation sites (N-methyl/N-ethyl adjacent to an activating group) is 1. The SMILES string of the molecule is C=C(/C=C\C=C(/C)CCCC(F)(F)F)C1(c2ccc(OC(F)F)cc2)N=C(N)N(C)C1=O. The Hall–Kier alpha value is -3.17. The summed E-state index contributed by atoms with van der Waals surface area (Å²) < 4.78 is 66.0. The van der Waals surface area contributed by atoms with Crippen LogP contribution in [0.25, 0.3) is 0 Å². The Morgan fingerprint density at radius 2 is 1.94 bits per heavy atom. The minimum Gasteiger partial charge on any atom is -0.435 e. The number of rotatable bonds is 9. The zero-order valence-electron chi connectivity index (χ0n) is 17.6. The molecule has 1 aromatic carbocycles. The number of alkyl halides is 5. The number of nitrogens with zero attached hydrogens (tertiary/aromatic N) is 2. The number of carbonyl (C=O) groups excluding carboxylic acids is 1. The first-order chi connectivity index (χ1) is 14.9. The van der Waals surface area contributed by atoms with Crippen LogP contribution in [0.1, 0.15) is 31.7 Å². The van der Waals surface area contributed by atoms with Crippen LogP contribution in [0.4, 0.5) is 22.0 Å². The number of allylic oxidation sites excluding steroid dienone is 3. The molecule has 0 radical (unpaired) electrons. The van der Waals surface area contributed by atoms with Crippen molar-refractivity contribution in [2.45, 2.75) is 44.5 Å². The minimum atomic E-state index is -4.19. The second-order valence-electron chi connectivity index (χ2n) is 7.31. The molecule has 0 saturated carbocycles. The molecule has 1 heterocycles. The lowest BCUT2D eigenvalue weighted by molar-refractivity contribution is -0.135. The van der Waals surface area contributed by atoms with Gasteiger partial charge in [0.15, 0.2) is 11.5 Å². The van der Waals surface area contributed by atoms with Crippen molar-refractivity contribution in [2.24, 2.45) is 10.7 Å². The fourth-order valence-corrected chi connectivity index (χ4v) is 3.20. The Morgan fingerprint density at radius 1 is 1.31 bits per heavy atom. The molecule has 1 aliphatic heterocycles. The van der Waals surface area contributed by atoms with Crippen LogP contribution in [-0.2, 0) is 10.3 Å². The Balaban J connectivity index is 2.26. The molecule has 0 aromatic heterocycles. The molecule has 0 saturated heterocycles. The van der Waals surface area contributed by atoms with E-state index in [2.05, 4.69) is 16.3 Å². The maximum absolute atomic E-state index is 13.0. The molecular formula is C22H24F5N3O2. The molecule has 32 heavy (non-hydrogen) atoms. The summed E-state index contributed by atoms with van der Waals surface area (Å²) in [5.74, 6) is -0.623. The van der Waals surface area contributed by atoms with E-state index in [4.69, 9.17) is 5.73 Å². The van der Waals surface area contributed by atoms with E-state index >= 15 is 0 Å². The minimum absolute atomic E-state index is 0.0261. The van der Waals surface area contributed by atoms with Gasteiger partial charge in [0.1, 0.15) is 5.75 Å². The molecule has 174 valence electrons. The van der Waals surface area contributed by atoms with Crippen molar-refractivity contribution >= 4 is 11.9 Å². The highest BCUT2D eigenvalue weighted by Gasteiger charge is 2.49. The molecule has 0 aliphatic carbocycles. The van der Waals surface area contributed by atoms with Gasteiger partial charge < -0.3 is 10.5 Å². The average molecular weight is 457 g/mol. The number of benzene rings is 1. The van der Waals surface area contributed by atoms with Crippen LogP contribution in [0.15, 0.2) is 65.2 Å². The van der Waals surface area contributed by atoms with Gasteiger partial charge in [-0.2, -0.15) is 22.0 Å². The Kier molecular flexibility index (Phi) is 7.82. The quantitative estimate of drug-likeness (QED) is 0.416. The van der Waals surface area contributed by atoms with E-state index in [1.54, 1.807) is 19.1 Å². The normalized spacial score (nSPS) is 19.8. The van der Waals surface area contributed by atoms with Crippen molar-refractivity contribution in [3.8, 4) is 5.75 Å². The van der Waals surface area contributed by atoms with Gasteiger partial charge in [-0.25, -0.2) is 4.99 Å². The summed E-state index contributed by atoms with van der Waals surface area (Å²) in [7, 11) is 1.44. The molecule has 2 N–H and O–H groups in total. The lowest BCUT2D eigenvalue weighted by atomic mass is 9.83. The molecule has 1 aliphatic rings. The Bertz CT molecular complexity index is 936. The second kappa shape index (κ2) is 9.97. The van der Waals surface area contributed by atoms with Crippen LogP contribution in [0.3, 0.4) is 0 Å². The zero-order chi connectivity index (χ0) is 24.1. The van der Waals surface area contributed by atoms with E-state index in [1.807, 2.05) is 0 Å². The molecule has 0 fully saturated rings. The Morgan fingerprint density at radius 3 is 2.44 bits per heavy atom. The number of amides is 1. The summed E-state index contributed by atoms with van der Waals surface area (Å²) >= 11 is 0. The van der Waals surface area contributed by atoms with Crippen molar-refractivity contribution < 1.29 is 31.5 Å². The van der Waals surface area contributed by atoms with Gasteiger partial charge in [-0.05, 0) is 43.0 Å². The maximum Gasteiger partial charge on any atom is 0.389 e. The van der Waals surface area contributed by atoms with E-state index in [1.165, 1.54) is 37.4 Å². The van der Waals surface area contributed by atoms with Crippen molar-refractivity contribution in [3.05, 3.63) is 65.8 Å². The van der Waals surface area contributed by atoms with Gasteiger partial charge in [0, 0.05) is 13.5 Å². The third-order valence-corrected chi connectivity index (χ3v) is 4.91. The van der Waals surface area contributed by atoms with Gasteiger partial charge in [0.2, 0.25) is 0 Å². The van der Waals surface area contributed by atoms with Gasteiger partial charge in [0.05, 0.1) is 0 Å². The first-order valence-electron chi connectivity index (χ1n) is 9.65. The Labute approximate surface area is 182 Å². The molecule has 0 bridgehead atoms. The van der Waals surface area contributed by atoms with Crippen molar-refractivity contribution in [1.29, 1.82) is 0 Å². The molecule has 0 spiro atoms. The number of halogens is 5. The smallest absolute Gasteiger partial charge is 0.389 e. The standard InChI is InChI=1S/C22H24F5N3O2/c1-14(7-5-13-21(25,26)27)6-4-8-15(2)22(18(31)30(3)20(28)29-22)16-9-11-17(12-10-16)32-19(23)24/h4,6,8-12,19H,2,5,7,13H2,1,3H3,(H2,28,29)/b8-4-,14-6+. The fraction of sp³-hybridized carbons (Fsp3) is 0.364. The lowest BCUT2D eigenvalue weighted by Gasteiger charge is -2.26. The highest BCUT2D eigenvalue weighted by atomic mass is 19.4. The van der Waals surface area contributed by atoms with Gasteiger partial charge in [0.25, 0.3) is 5.91 Å². The molecule has 1 atom stereocenters. The van der Waals surface area contributed by atoms with E-state index in [0.29, 0.717) is 5.56 Å². The van der Waals surface area contributed by atoms with Gasteiger partial charge in [-0.1, -0.05) is 42.5 Å². The summed E-state index contributed by atoms with van der Waals surface area (Å²) in [6, 6.07) is 5.40. The van der Waals surface area contributed by atoms with Crippen molar-refractivity contribution in [1.82, 2.24) is 4.90 Å². The van der Waals surface area contributed by atoms with Gasteiger partial charge in [-0.3, -0.25) is 9.69 Å². The van der Waals surface area contributed by atoms with Crippen molar-refractivity contribution in [2.75, 3.05) is 7.05 Å². The van der Waals surface area contributed by atoms with E-state index in [-0.39, 0.29) is 30.1 Å². The highest BCUT2D eigenvalue weighted by Crippen LogP contribution is 2.40. The number of guanidine groups is 1. The van der Waals surface area contributed by atoms with E-state index in [9.17, 15) is 26.7 Å². The monoisotopic (exact) mass is 457 g/mol. The third kappa shape index (κ3) is 5.95.